The molecule has 1 aliphatic rings. The van der Waals surface area contributed by atoms with Crippen molar-refractivity contribution in [2.24, 2.45) is 0 Å². The molecule has 1 saturated heterocycles. The minimum absolute atomic E-state index is 0.184. The maximum atomic E-state index is 12.6. The average Bonchev–Trinajstić information content (AvgIpc) is 2.80. The summed E-state index contributed by atoms with van der Waals surface area (Å²) in [6, 6.07) is 18.5. The van der Waals surface area contributed by atoms with E-state index in [2.05, 4.69) is 15.2 Å². The van der Waals surface area contributed by atoms with Gasteiger partial charge in [0, 0.05) is 37.1 Å². The number of amides is 1. The first-order valence-electron chi connectivity index (χ1n) is 10.2. The predicted molar refractivity (Wildman–Crippen MR) is 121 cm³/mol. The van der Waals surface area contributed by atoms with Crippen molar-refractivity contribution in [1.82, 2.24) is 9.88 Å². The Morgan fingerprint density at radius 2 is 1.90 bits per heavy atom. The number of anilines is 1. The Morgan fingerprint density at radius 1 is 1.10 bits per heavy atom. The molecule has 1 N–H and O–H groups in total. The second-order valence-corrected chi connectivity index (χ2v) is 7.70. The van der Waals surface area contributed by atoms with Crippen LogP contribution in [-0.2, 0) is 17.9 Å². The van der Waals surface area contributed by atoms with Gasteiger partial charge >= 0.3 is 0 Å². The smallest absolute Gasteiger partial charge is 0.255 e. The molecular formula is C24H24ClN3O3. The summed E-state index contributed by atoms with van der Waals surface area (Å²) >= 11 is 6.33. The van der Waals surface area contributed by atoms with E-state index in [1.165, 1.54) is 5.56 Å². The number of aromatic nitrogens is 1. The summed E-state index contributed by atoms with van der Waals surface area (Å²) in [5.74, 6) is 0.355. The van der Waals surface area contributed by atoms with Gasteiger partial charge in [-0.3, -0.25) is 14.7 Å². The van der Waals surface area contributed by atoms with E-state index in [0.717, 1.165) is 38.5 Å². The molecule has 1 aromatic heterocycles. The summed E-state index contributed by atoms with van der Waals surface area (Å²) < 4.78 is 11.1. The Bertz CT molecular complexity index is 1010. The molecule has 1 amide bonds. The number of hydrogen-bond donors (Lipinski definition) is 1. The molecule has 31 heavy (non-hydrogen) atoms. The molecular weight excluding hydrogens is 414 g/mol. The van der Waals surface area contributed by atoms with Crippen LogP contribution in [0.4, 0.5) is 5.69 Å². The summed E-state index contributed by atoms with van der Waals surface area (Å²) in [6.07, 6.45) is 1.72. The fourth-order valence-electron chi connectivity index (χ4n) is 3.31. The van der Waals surface area contributed by atoms with Gasteiger partial charge in [-0.15, -0.1) is 0 Å². The predicted octanol–water partition coefficient (Wildman–Crippen LogP) is 4.40. The van der Waals surface area contributed by atoms with Gasteiger partial charge < -0.3 is 14.8 Å². The van der Waals surface area contributed by atoms with E-state index in [1.807, 2.05) is 42.5 Å². The second-order valence-electron chi connectivity index (χ2n) is 7.29. The first-order chi connectivity index (χ1) is 15.2. The molecule has 3 aromatic rings. The number of benzene rings is 2. The number of carbonyl (C=O) groups excluding carboxylic acids is 1. The highest BCUT2D eigenvalue weighted by molar-refractivity contribution is 6.32. The summed E-state index contributed by atoms with van der Waals surface area (Å²) in [5, 5.41) is 3.31. The van der Waals surface area contributed by atoms with E-state index in [4.69, 9.17) is 21.1 Å². The minimum atomic E-state index is -0.184. The lowest BCUT2D eigenvalue weighted by atomic mass is 10.1. The van der Waals surface area contributed by atoms with Gasteiger partial charge in [-0.05, 0) is 48.0 Å². The minimum Gasteiger partial charge on any atom is -0.486 e. The summed E-state index contributed by atoms with van der Waals surface area (Å²) in [7, 11) is 0. The zero-order chi connectivity index (χ0) is 21.5. The SMILES string of the molecule is O=C(Nc1ccc(OCc2ccccn2)c(Cl)c1)c1ccc(CN2CCOCC2)cc1. The van der Waals surface area contributed by atoms with Crippen LogP contribution < -0.4 is 10.1 Å². The maximum Gasteiger partial charge on any atom is 0.255 e. The van der Waals surface area contributed by atoms with Gasteiger partial charge in [-0.25, -0.2) is 0 Å². The van der Waals surface area contributed by atoms with Crippen LogP contribution in [-0.4, -0.2) is 42.1 Å². The molecule has 1 aliphatic heterocycles. The maximum absolute atomic E-state index is 12.6. The molecule has 0 aliphatic carbocycles. The number of pyridine rings is 1. The van der Waals surface area contributed by atoms with Crippen molar-refractivity contribution in [3.8, 4) is 5.75 Å². The van der Waals surface area contributed by atoms with Crippen molar-refractivity contribution in [3.05, 3.63) is 88.7 Å². The summed E-state index contributed by atoms with van der Waals surface area (Å²) in [4.78, 5) is 19.2. The number of nitrogens with one attached hydrogen (secondary N) is 1. The number of halogens is 1. The highest BCUT2D eigenvalue weighted by Gasteiger charge is 2.12. The molecule has 2 heterocycles. The van der Waals surface area contributed by atoms with Crippen LogP contribution >= 0.6 is 11.6 Å². The molecule has 0 saturated carbocycles. The third-order valence-electron chi connectivity index (χ3n) is 5.02. The number of morpholine rings is 1. The molecule has 7 heteroatoms. The topological polar surface area (TPSA) is 63.7 Å². The van der Waals surface area contributed by atoms with Crippen LogP contribution in [0.1, 0.15) is 21.6 Å². The van der Waals surface area contributed by atoms with E-state index in [0.29, 0.717) is 28.6 Å². The highest BCUT2D eigenvalue weighted by Crippen LogP contribution is 2.28. The average molecular weight is 438 g/mol. The molecule has 1 fully saturated rings. The van der Waals surface area contributed by atoms with Crippen molar-refractivity contribution in [2.75, 3.05) is 31.6 Å². The summed E-state index contributed by atoms with van der Waals surface area (Å²) in [5.41, 5.74) is 3.19. The normalized spacial score (nSPS) is 14.2. The summed E-state index contributed by atoms with van der Waals surface area (Å²) in [6.45, 7) is 4.60. The van der Waals surface area contributed by atoms with Crippen LogP contribution in [0.25, 0.3) is 0 Å². The molecule has 4 rings (SSSR count). The molecule has 6 nitrogen and oxygen atoms in total. The van der Waals surface area contributed by atoms with Gasteiger partial charge in [0.05, 0.1) is 23.9 Å². The Kier molecular flexibility index (Phi) is 7.14. The van der Waals surface area contributed by atoms with E-state index in [-0.39, 0.29) is 5.91 Å². The quantitative estimate of drug-likeness (QED) is 0.593. The molecule has 0 atom stereocenters. The fraction of sp³-hybridized carbons (Fsp3) is 0.250. The van der Waals surface area contributed by atoms with Crippen molar-refractivity contribution in [1.29, 1.82) is 0 Å². The third kappa shape index (κ3) is 6.04. The number of carbonyl (C=O) groups is 1. The Hall–Kier alpha value is -2.93. The Labute approximate surface area is 186 Å². The van der Waals surface area contributed by atoms with E-state index in [1.54, 1.807) is 24.4 Å². The standard InChI is InChI=1S/C24H24ClN3O3/c25-22-15-20(8-9-23(22)31-17-21-3-1-2-10-26-21)27-24(29)19-6-4-18(5-7-19)16-28-11-13-30-14-12-28/h1-10,15H,11-14,16-17H2,(H,27,29). The van der Waals surface area contributed by atoms with Crippen molar-refractivity contribution in [2.45, 2.75) is 13.2 Å². The fourth-order valence-corrected chi connectivity index (χ4v) is 3.55. The largest absolute Gasteiger partial charge is 0.486 e. The van der Waals surface area contributed by atoms with Crippen LogP contribution in [0.5, 0.6) is 5.75 Å². The third-order valence-corrected chi connectivity index (χ3v) is 5.31. The van der Waals surface area contributed by atoms with Gasteiger partial charge in [0.25, 0.3) is 5.91 Å². The van der Waals surface area contributed by atoms with Gasteiger partial charge in [0.15, 0.2) is 0 Å². The molecule has 0 unspecified atom stereocenters. The van der Waals surface area contributed by atoms with Crippen molar-refractivity contribution >= 4 is 23.2 Å². The Morgan fingerprint density at radius 3 is 2.61 bits per heavy atom. The van der Waals surface area contributed by atoms with E-state index >= 15 is 0 Å². The molecule has 0 radical (unpaired) electrons. The Balaban J connectivity index is 1.33. The lowest BCUT2D eigenvalue weighted by Gasteiger charge is -2.26. The zero-order valence-electron chi connectivity index (χ0n) is 17.1. The van der Waals surface area contributed by atoms with Crippen LogP contribution in [0.2, 0.25) is 5.02 Å². The lowest BCUT2D eigenvalue weighted by Crippen LogP contribution is -2.35. The van der Waals surface area contributed by atoms with Crippen molar-refractivity contribution < 1.29 is 14.3 Å². The van der Waals surface area contributed by atoms with E-state index < -0.39 is 0 Å². The van der Waals surface area contributed by atoms with Gasteiger partial charge in [0.1, 0.15) is 12.4 Å². The second kappa shape index (κ2) is 10.4. The molecule has 0 spiro atoms. The van der Waals surface area contributed by atoms with Gasteiger partial charge in [-0.1, -0.05) is 29.8 Å². The number of rotatable bonds is 7. The highest BCUT2D eigenvalue weighted by atomic mass is 35.5. The first kappa shape index (κ1) is 21.3. The lowest BCUT2D eigenvalue weighted by molar-refractivity contribution is 0.0342. The van der Waals surface area contributed by atoms with Crippen LogP contribution in [0, 0.1) is 0 Å². The zero-order valence-corrected chi connectivity index (χ0v) is 17.8. The van der Waals surface area contributed by atoms with Crippen LogP contribution in [0.15, 0.2) is 66.9 Å². The van der Waals surface area contributed by atoms with Crippen molar-refractivity contribution in [3.63, 3.8) is 0 Å². The number of ether oxygens (including phenoxy) is 2. The first-order valence-corrected chi connectivity index (χ1v) is 10.6. The molecule has 0 bridgehead atoms. The number of nitrogens with zero attached hydrogens (tertiary/aromatic N) is 2. The van der Waals surface area contributed by atoms with Gasteiger partial charge in [0.2, 0.25) is 0 Å². The molecule has 2 aromatic carbocycles. The monoisotopic (exact) mass is 437 g/mol. The molecule has 160 valence electrons. The van der Waals surface area contributed by atoms with Crippen LogP contribution in [0.3, 0.4) is 0 Å². The van der Waals surface area contributed by atoms with E-state index in [9.17, 15) is 4.79 Å². The van der Waals surface area contributed by atoms with Gasteiger partial charge in [-0.2, -0.15) is 0 Å². The number of hydrogen-bond acceptors (Lipinski definition) is 5.